The number of amides is 1. The van der Waals surface area contributed by atoms with Gasteiger partial charge in [0.1, 0.15) is 0 Å². The van der Waals surface area contributed by atoms with Gasteiger partial charge in [0, 0.05) is 24.0 Å². The first-order chi connectivity index (χ1) is 9.61. The Morgan fingerprint density at radius 3 is 2.45 bits per heavy atom. The SMILES string of the molecule is CNc1ccccc1C(=O)Nc1cccc(C(C)=O)c1. The summed E-state index contributed by atoms with van der Waals surface area (Å²) >= 11 is 0. The topological polar surface area (TPSA) is 58.2 Å². The molecule has 0 spiro atoms. The van der Waals surface area contributed by atoms with Gasteiger partial charge in [0.05, 0.1) is 5.56 Å². The zero-order valence-electron chi connectivity index (χ0n) is 11.4. The summed E-state index contributed by atoms with van der Waals surface area (Å²) in [6.07, 6.45) is 0. The van der Waals surface area contributed by atoms with Crippen molar-refractivity contribution in [2.75, 3.05) is 17.7 Å². The minimum absolute atomic E-state index is 0.0308. The Kier molecular flexibility index (Phi) is 4.15. The average Bonchev–Trinajstić information content (AvgIpc) is 2.47. The second kappa shape index (κ2) is 6.02. The fourth-order valence-electron chi connectivity index (χ4n) is 1.91. The van der Waals surface area contributed by atoms with Gasteiger partial charge in [-0.2, -0.15) is 0 Å². The lowest BCUT2D eigenvalue weighted by Gasteiger charge is -2.10. The lowest BCUT2D eigenvalue weighted by molar-refractivity contribution is 0.101. The van der Waals surface area contributed by atoms with E-state index in [0.29, 0.717) is 16.8 Å². The van der Waals surface area contributed by atoms with Crippen molar-refractivity contribution in [1.29, 1.82) is 0 Å². The molecule has 0 aliphatic rings. The third-order valence-electron chi connectivity index (χ3n) is 2.97. The van der Waals surface area contributed by atoms with Crippen molar-refractivity contribution >= 4 is 23.1 Å². The van der Waals surface area contributed by atoms with E-state index in [0.717, 1.165) is 5.69 Å². The van der Waals surface area contributed by atoms with Crippen LogP contribution in [0.15, 0.2) is 48.5 Å². The summed E-state index contributed by atoms with van der Waals surface area (Å²) in [5.41, 5.74) is 2.49. The average molecular weight is 268 g/mol. The van der Waals surface area contributed by atoms with E-state index in [2.05, 4.69) is 10.6 Å². The number of nitrogens with one attached hydrogen (secondary N) is 2. The molecule has 1 amide bonds. The summed E-state index contributed by atoms with van der Waals surface area (Å²) in [7, 11) is 1.77. The number of hydrogen-bond acceptors (Lipinski definition) is 3. The van der Waals surface area contributed by atoms with Crippen molar-refractivity contribution in [2.45, 2.75) is 6.92 Å². The number of ketones is 1. The summed E-state index contributed by atoms with van der Waals surface area (Å²) in [4.78, 5) is 23.6. The van der Waals surface area contributed by atoms with E-state index in [1.54, 1.807) is 37.4 Å². The predicted octanol–water partition coefficient (Wildman–Crippen LogP) is 3.18. The largest absolute Gasteiger partial charge is 0.387 e. The molecule has 2 aromatic carbocycles. The quantitative estimate of drug-likeness (QED) is 0.837. The molecule has 2 N–H and O–H groups in total. The van der Waals surface area contributed by atoms with E-state index in [1.807, 2.05) is 18.2 Å². The third kappa shape index (κ3) is 3.03. The van der Waals surface area contributed by atoms with Crippen LogP contribution in [0.25, 0.3) is 0 Å². The molecule has 0 aliphatic heterocycles. The first-order valence-electron chi connectivity index (χ1n) is 6.31. The van der Waals surface area contributed by atoms with Crippen LogP contribution in [-0.4, -0.2) is 18.7 Å². The standard InChI is InChI=1S/C16H16N2O2/c1-11(19)12-6-5-7-13(10-12)18-16(20)14-8-3-4-9-15(14)17-2/h3-10,17H,1-2H3,(H,18,20). The molecule has 0 radical (unpaired) electrons. The summed E-state index contributed by atoms with van der Waals surface area (Å²) in [5, 5.41) is 5.77. The molecule has 0 saturated carbocycles. The van der Waals surface area contributed by atoms with Crippen LogP contribution in [-0.2, 0) is 0 Å². The van der Waals surface area contributed by atoms with Gasteiger partial charge in [-0.1, -0.05) is 24.3 Å². The molecule has 0 fully saturated rings. The van der Waals surface area contributed by atoms with Gasteiger partial charge in [0.25, 0.3) is 5.91 Å². The Labute approximate surface area is 117 Å². The first kappa shape index (κ1) is 13.8. The summed E-state index contributed by atoms with van der Waals surface area (Å²) in [6, 6.07) is 14.1. The van der Waals surface area contributed by atoms with Gasteiger partial charge in [-0.3, -0.25) is 9.59 Å². The maximum atomic E-state index is 12.2. The molecule has 0 saturated heterocycles. The van der Waals surface area contributed by atoms with Gasteiger partial charge in [-0.15, -0.1) is 0 Å². The number of hydrogen-bond donors (Lipinski definition) is 2. The van der Waals surface area contributed by atoms with Crippen LogP contribution < -0.4 is 10.6 Å². The Hall–Kier alpha value is -2.62. The molecule has 0 atom stereocenters. The van der Waals surface area contributed by atoms with Gasteiger partial charge >= 0.3 is 0 Å². The number of para-hydroxylation sites is 1. The number of rotatable bonds is 4. The summed E-state index contributed by atoms with van der Waals surface area (Å²) < 4.78 is 0. The normalized spacial score (nSPS) is 9.90. The summed E-state index contributed by atoms with van der Waals surface area (Å²) in [5.74, 6) is -0.243. The number of anilines is 2. The lowest BCUT2D eigenvalue weighted by atomic mass is 10.1. The molecule has 20 heavy (non-hydrogen) atoms. The predicted molar refractivity (Wildman–Crippen MR) is 80.4 cm³/mol. The highest BCUT2D eigenvalue weighted by Gasteiger charge is 2.10. The van der Waals surface area contributed by atoms with Crippen molar-refractivity contribution in [3.8, 4) is 0 Å². The Bertz CT molecular complexity index is 650. The van der Waals surface area contributed by atoms with Gasteiger partial charge < -0.3 is 10.6 Å². The Balaban J connectivity index is 2.23. The fraction of sp³-hybridized carbons (Fsp3) is 0.125. The van der Waals surface area contributed by atoms with E-state index >= 15 is 0 Å². The van der Waals surface area contributed by atoms with Gasteiger partial charge in [0.15, 0.2) is 5.78 Å². The molecule has 4 heteroatoms. The van der Waals surface area contributed by atoms with Crippen LogP contribution >= 0.6 is 0 Å². The van der Waals surface area contributed by atoms with E-state index in [-0.39, 0.29) is 11.7 Å². The fourth-order valence-corrected chi connectivity index (χ4v) is 1.91. The van der Waals surface area contributed by atoms with E-state index in [4.69, 9.17) is 0 Å². The van der Waals surface area contributed by atoms with Crippen LogP contribution in [0.5, 0.6) is 0 Å². The van der Waals surface area contributed by atoms with E-state index < -0.39 is 0 Å². The minimum Gasteiger partial charge on any atom is -0.387 e. The lowest BCUT2D eigenvalue weighted by Crippen LogP contribution is -2.14. The van der Waals surface area contributed by atoms with Gasteiger partial charge in [0.2, 0.25) is 0 Å². The second-order valence-corrected chi connectivity index (χ2v) is 4.39. The van der Waals surface area contributed by atoms with Crippen LogP contribution in [0.2, 0.25) is 0 Å². The van der Waals surface area contributed by atoms with Crippen LogP contribution in [0.1, 0.15) is 27.6 Å². The maximum absolute atomic E-state index is 12.2. The number of Topliss-reactive ketones (excluding diaryl/α,β-unsaturated/α-hetero) is 1. The van der Waals surface area contributed by atoms with Gasteiger partial charge in [-0.25, -0.2) is 0 Å². The van der Waals surface area contributed by atoms with Crippen molar-refractivity contribution in [2.24, 2.45) is 0 Å². The molecule has 102 valence electrons. The van der Waals surface area contributed by atoms with Crippen LogP contribution in [0.4, 0.5) is 11.4 Å². The smallest absolute Gasteiger partial charge is 0.257 e. The van der Waals surface area contributed by atoms with Crippen molar-refractivity contribution < 1.29 is 9.59 Å². The summed E-state index contributed by atoms with van der Waals surface area (Å²) in [6.45, 7) is 1.50. The molecule has 0 unspecified atom stereocenters. The van der Waals surface area contributed by atoms with E-state index in [9.17, 15) is 9.59 Å². The molecule has 2 rings (SSSR count). The zero-order chi connectivity index (χ0) is 14.5. The Morgan fingerprint density at radius 2 is 1.75 bits per heavy atom. The number of carbonyl (C=O) groups excluding carboxylic acids is 2. The highest BCUT2D eigenvalue weighted by Crippen LogP contribution is 2.17. The first-order valence-corrected chi connectivity index (χ1v) is 6.31. The van der Waals surface area contributed by atoms with Crippen molar-refractivity contribution in [3.63, 3.8) is 0 Å². The van der Waals surface area contributed by atoms with Crippen LogP contribution in [0, 0.1) is 0 Å². The molecule has 2 aromatic rings. The number of benzene rings is 2. The molecule has 4 nitrogen and oxygen atoms in total. The molecular weight excluding hydrogens is 252 g/mol. The minimum atomic E-state index is -0.212. The molecule has 0 aliphatic carbocycles. The highest BCUT2D eigenvalue weighted by atomic mass is 16.1. The molecule has 0 aromatic heterocycles. The zero-order valence-corrected chi connectivity index (χ0v) is 11.4. The maximum Gasteiger partial charge on any atom is 0.257 e. The highest BCUT2D eigenvalue weighted by molar-refractivity contribution is 6.08. The van der Waals surface area contributed by atoms with Crippen molar-refractivity contribution in [1.82, 2.24) is 0 Å². The van der Waals surface area contributed by atoms with E-state index in [1.165, 1.54) is 6.92 Å². The van der Waals surface area contributed by atoms with Crippen LogP contribution in [0.3, 0.4) is 0 Å². The van der Waals surface area contributed by atoms with Gasteiger partial charge in [-0.05, 0) is 31.2 Å². The Morgan fingerprint density at radius 1 is 1.00 bits per heavy atom. The monoisotopic (exact) mass is 268 g/mol. The molecular formula is C16H16N2O2. The third-order valence-corrected chi connectivity index (χ3v) is 2.97. The molecule has 0 bridgehead atoms. The second-order valence-electron chi connectivity index (χ2n) is 4.39. The molecule has 0 heterocycles. The number of carbonyl (C=O) groups is 2. The van der Waals surface area contributed by atoms with Crippen molar-refractivity contribution in [3.05, 3.63) is 59.7 Å².